The summed E-state index contributed by atoms with van der Waals surface area (Å²) in [5.74, 6) is 2.25. The molecule has 2 aromatic rings. The van der Waals surface area contributed by atoms with Crippen LogP contribution in [0.1, 0.15) is 10.4 Å². The highest BCUT2D eigenvalue weighted by Crippen LogP contribution is 2.28. The van der Waals surface area contributed by atoms with E-state index in [-0.39, 0.29) is 11.7 Å². The number of hydrogen-bond acceptors (Lipinski definition) is 8. The third-order valence-corrected chi connectivity index (χ3v) is 3.93. The Morgan fingerprint density at radius 1 is 1.11 bits per heavy atom. The molecule has 2 heterocycles. The number of halogens is 1. The summed E-state index contributed by atoms with van der Waals surface area (Å²) in [7, 11) is -1.79. The van der Waals surface area contributed by atoms with Crippen LogP contribution in [0.3, 0.4) is 0 Å². The first-order valence-corrected chi connectivity index (χ1v) is 9.06. The fourth-order valence-electron chi connectivity index (χ4n) is 2.73. The minimum absolute atomic E-state index is 0.0991. The number of ether oxygens (including phenoxy) is 2. The van der Waals surface area contributed by atoms with Gasteiger partial charge in [-0.25, -0.2) is 23.2 Å². The molecule has 1 unspecified atom stereocenters. The summed E-state index contributed by atoms with van der Waals surface area (Å²) in [6, 6.07) is 11.3. The van der Waals surface area contributed by atoms with Crippen molar-refractivity contribution in [3.8, 4) is 11.5 Å². The Balaban J connectivity index is 0.000000465. The number of Topliss-reactive ketones (excluding diaryl/α,β-unsaturated/α-hetero) is 1. The van der Waals surface area contributed by atoms with Gasteiger partial charge >= 0.3 is 0 Å². The highest BCUT2D eigenvalue weighted by molar-refractivity contribution is 5.98. The van der Waals surface area contributed by atoms with Crippen LogP contribution in [0.25, 0.3) is 0 Å². The Morgan fingerprint density at radius 2 is 1.78 bits per heavy atom. The molecule has 0 saturated heterocycles. The van der Waals surface area contributed by atoms with E-state index in [1.807, 2.05) is 24.4 Å². The first-order chi connectivity index (χ1) is 12.7. The summed E-state index contributed by atoms with van der Waals surface area (Å²) < 4.78 is 46.5. The van der Waals surface area contributed by atoms with Gasteiger partial charge in [-0.2, -0.15) is 0 Å². The van der Waals surface area contributed by atoms with Gasteiger partial charge in [0.25, 0.3) is 5.82 Å². The molecular formula is C17H19ClN2O7. The lowest BCUT2D eigenvalue weighted by atomic mass is 9.95. The number of nitrogens with zero attached hydrogens (tertiary/aromatic N) is 1. The van der Waals surface area contributed by atoms with E-state index in [1.165, 1.54) is 0 Å². The van der Waals surface area contributed by atoms with Crippen LogP contribution in [0, 0.1) is 16.2 Å². The maximum atomic E-state index is 12.7. The molecule has 0 saturated carbocycles. The largest absolute Gasteiger partial charge is 0.493 e. The van der Waals surface area contributed by atoms with Crippen molar-refractivity contribution < 1.29 is 47.7 Å². The second-order valence-electron chi connectivity index (χ2n) is 5.63. The van der Waals surface area contributed by atoms with Crippen LogP contribution in [-0.4, -0.2) is 26.5 Å². The number of carbonyl (C=O) groups is 1. The van der Waals surface area contributed by atoms with Gasteiger partial charge in [0.1, 0.15) is 6.54 Å². The van der Waals surface area contributed by atoms with Crippen LogP contribution in [0.5, 0.6) is 11.5 Å². The molecule has 1 atom stereocenters. The van der Waals surface area contributed by atoms with Gasteiger partial charge in [-0.3, -0.25) is 10.1 Å². The molecule has 27 heavy (non-hydrogen) atoms. The Morgan fingerprint density at radius 3 is 2.41 bits per heavy atom. The molecule has 1 N–H and O–H groups in total. The molecule has 0 amide bonds. The highest BCUT2D eigenvalue weighted by Gasteiger charge is 2.30. The summed E-state index contributed by atoms with van der Waals surface area (Å²) in [5, 5.41) is 3.30. The van der Waals surface area contributed by atoms with Gasteiger partial charge in [0.2, 0.25) is 0 Å². The number of pyridine rings is 1. The monoisotopic (exact) mass is 398 g/mol. The summed E-state index contributed by atoms with van der Waals surface area (Å²) in [4.78, 5) is 12.7. The lowest BCUT2D eigenvalue weighted by Crippen LogP contribution is -2.68. The zero-order chi connectivity index (χ0) is 20.0. The molecule has 0 fully saturated rings. The Kier molecular flexibility index (Phi) is 6.94. The molecule has 0 spiro atoms. The van der Waals surface area contributed by atoms with E-state index in [0.29, 0.717) is 30.2 Å². The molecule has 1 aliphatic rings. The zero-order valence-electron chi connectivity index (χ0n) is 14.7. The number of ketones is 1. The second kappa shape index (κ2) is 8.98. The van der Waals surface area contributed by atoms with Crippen molar-refractivity contribution in [2.75, 3.05) is 26.1 Å². The normalized spacial score (nSPS) is 15.6. The SMILES string of the molecule is COc1ccc(C(=O)C2CNc3cccc[n+]3C2)cc1OC.[O-][Cl+3]([O-])([O-])[O-]. The van der Waals surface area contributed by atoms with Gasteiger partial charge in [-0.1, -0.05) is 6.07 Å². The van der Waals surface area contributed by atoms with Gasteiger partial charge in [-0.15, -0.1) is 10.2 Å². The fourth-order valence-corrected chi connectivity index (χ4v) is 2.73. The lowest BCUT2D eigenvalue weighted by molar-refractivity contribution is -2.00. The van der Waals surface area contributed by atoms with E-state index in [1.54, 1.807) is 32.4 Å². The third kappa shape index (κ3) is 6.05. The van der Waals surface area contributed by atoms with E-state index < -0.39 is 10.2 Å². The predicted octanol–water partition coefficient (Wildman–Crippen LogP) is -2.84. The van der Waals surface area contributed by atoms with Crippen molar-refractivity contribution >= 4 is 11.6 Å². The smallest absolute Gasteiger partial charge is 0.274 e. The van der Waals surface area contributed by atoms with Crippen molar-refractivity contribution in [2.45, 2.75) is 6.54 Å². The Labute approximate surface area is 158 Å². The minimum atomic E-state index is -4.94. The average Bonchev–Trinajstić information content (AvgIpc) is 2.65. The molecule has 1 aliphatic heterocycles. The van der Waals surface area contributed by atoms with Crippen LogP contribution in [0.4, 0.5) is 5.82 Å². The molecule has 1 aromatic heterocycles. The lowest BCUT2D eigenvalue weighted by Gasteiger charge is -2.20. The van der Waals surface area contributed by atoms with Crippen LogP contribution < -0.4 is 38.0 Å². The molecular weight excluding hydrogens is 380 g/mol. The van der Waals surface area contributed by atoms with Crippen molar-refractivity contribution in [2.24, 2.45) is 5.92 Å². The van der Waals surface area contributed by atoms with E-state index in [9.17, 15) is 4.79 Å². The molecule has 0 bridgehead atoms. The van der Waals surface area contributed by atoms with E-state index in [2.05, 4.69) is 9.88 Å². The number of fused-ring (bicyclic) bond motifs is 1. The quantitative estimate of drug-likeness (QED) is 0.428. The van der Waals surface area contributed by atoms with E-state index >= 15 is 0 Å². The van der Waals surface area contributed by atoms with Crippen molar-refractivity contribution in [3.05, 3.63) is 48.2 Å². The molecule has 1 aromatic carbocycles. The van der Waals surface area contributed by atoms with Crippen molar-refractivity contribution in [1.82, 2.24) is 0 Å². The molecule has 0 aliphatic carbocycles. The Hall–Kier alpha value is -2.43. The number of hydrogen-bond donors (Lipinski definition) is 1. The summed E-state index contributed by atoms with van der Waals surface area (Å²) >= 11 is 0. The van der Waals surface area contributed by atoms with Crippen LogP contribution >= 0.6 is 0 Å². The fraction of sp³-hybridized carbons (Fsp3) is 0.294. The van der Waals surface area contributed by atoms with Crippen LogP contribution in [-0.2, 0) is 6.54 Å². The van der Waals surface area contributed by atoms with Crippen LogP contribution in [0.15, 0.2) is 42.6 Å². The molecule has 3 rings (SSSR count). The predicted molar refractivity (Wildman–Crippen MR) is 82.5 cm³/mol. The highest BCUT2D eigenvalue weighted by atomic mass is 35.7. The third-order valence-electron chi connectivity index (χ3n) is 3.93. The molecule has 146 valence electrons. The number of aromatic nitrogens is 1. The Bertz CT molecular complexity index is 789. The standard InChI is InChI=1S/C17H18N2O3.ClHO4/c1-21-14-7-6-12(9-15(14)22-2)17(20)13-10-18-16-5-3-4-8-19(16)11-13;2-1(3,4)5/h3-9,13H,10-11H2,1-2H3;(H,2,3,4,5). The molecule has 0 radical (unpaired) electrons. The van der Waals surface area contributed by atoms with Crippen molar-refractivity contribution in [3.63, 3.8) is 0 Å². The maximum absolute atomic E-state index is 12.7. The summed E-state index contributed by atoms with van der Waals surface area (Å²) in [6.07, 6.45) is 1.98. The number of nitrogens with one attached hydrogen (secondary N) is 1. The second-order valence-corrected chi connectivity index (χ2v) is 6.38. The molecule has 10 heteroatoms. The van der Waals surface area contributed by atoms with Gasteiger partial charge in [0, 0.05) is 11.6 Å². The minimum Gasteiger partial charge on any atom is -0.493 e. The van der Waals surface area contributed by atoms with Crippen molar-refractivity contribution in [1.29, 1.82) is 0 Å². The number of benzene rings is 1. The van der Waals surface area contributed by atoms with E-state index in [0.717, 1.165) is 5.82 Å². The average molecular weight is 399 g/mol. The maximum Gasteiger partial charge on any atom is 0.274 e. The van der Waals surface area contributed by atoms with Gasteiger partial charge in [0.15, 0.2) is 17.3 Å². The van der Waals surface area contributed by atoms with Gasteiger partial charge in [-0.05, 0) is 24.3 Å². The first-order valence-electron chi connectivity index (χ1n) is 7.83. The number of anilines is 1. The van der Waals surface area contributed by atoms with Crippen LogP contribution in [0.2, 0.25) is 0 Å². The summed E-state index contributed by atoms with van der Waals surface area (Å²) in [5.41, 5.74) is 0.643. The van der Waals surface area contributed by atoms with Gasteiger partial charge < -0.3 is 9.47 Å². The number of rotatable bonds is 4. The molecule has 9 nitrogen and oxygen atoms in total. The van der Waals surface area contributed by atoms with Gasteiger partial charge in [0.05, 0.1) is 32.9 Å². The first kappa shape index (κ1) is 20.9. The zero-order valence-corrected chi connectivity index (χ0v) is 15.5. The number of carbonyl (C=O) groups excluding carboxylic acids is 1. The van der Waals surface area contributed by atoms with E-state index in [4.69, 9.17) is 28.1 Å². The number of methoxy groups -OCH3 is 2. The summed E-state index contributed by atoms with van der Waals surface area (Å²) in [6.45, 7) is 1.31. The topological polar surface area (TPSA) is 144 Å².